The van der Waals surface area contributed by atoms with Crippen molar-refractivity contribution in [2.24, 2.45) is 0 Å². The third kappa shape index (κ3) is 5.90. The van der Waals surface area contributed by atoms with Crippen LogP contribution < -0.4 is 4.74 Å². The Kier molecular flexibility index (Phi) is 5.59. The lowest BCUT2D eigenvalue weighted by Crippen LogP contribution is -2.16. The summed E-state index contributed by atoms with van der Waals surface area (Å²) in [4.78, 5) is 0.688. The molecule has 0 aliphatic rings. The highest BCUT2D eigenvalue weighted by molar-refractivity contribution is 7.99. The second-order valence-corrected chi connectivity index (χ2v) is 5.63. The molecule has 0 unspecified atom stereocenters. The minimum absolute atomic E-state index is 0.281. The highest BCUT2D eigenvalue weighted by Crippen LogP contribution is 2.31. The molecule has 1 heterocycles. The Morgan fingerprint density at radius 3 is 2.52 bits per heavy atom. The molecule has 0 radical (unpaired) electrons. The lowest BCUT2D eigenvalue weighted by atomic mass is 10.3. The zero-order chi connectivity index (χ0) is 16.9. The zero-order valence-electron chi connectivity index (χ0n) is 12.2. The van der Waals surface area contributed by atoms with Crippen LogP contribution in [0.25, 0.3) is 0 Å². The molecule has 8 heteroatoms. The molecule has 2 rings (SSSR count). The van der Waals surface area contributed by atoms with Gasteiger partial charge in [0.05, 0.1) is 0 Å². The van der Waals surface area contributed by atoms with Crippen LogP contribution in [0.1, 0.15) is 19.1 Å². The highest BCUT2D eigenvalue weighted by Gasteiger charge is 2.30. The normalized spacial score (nSPS) is 12.4. The van der Waals surface area contributed by atoms with E-state index in [0.717, 1.165) is 11.2 Å². The number of furan rings is 1. The molecule has 124 valence electrons. The molecule has 0 aliphatic heterocycles. The summed E-state index contributed by atoms with van der Waals surface area (Å²) in [5.74, 6) is 0.143. The molecule has 0 fully saturated rings. The van der Waals surface area contributed by atoms with E-state index in [2.05, 4.69) is 4.74 Å². The van der Waals surface area contributed by atoms with Gasteiger partial charge in [-0.15, -0.1) is 13.2 Å². The van der Waals surface area contributed by atoms with Crippen LogP contribution in [0, 0.1) is 5.21 Å². The number of nitrogens with zero attached hydrogens (tertiary/aromatic N) is 1. The quantitative estimate of drug-likeness (QED) is 0.330. The van der Waals surface area contributed by atoms with Gasteiger partial charge >= 0.3 is 6.36 Å². The second kappa shape index (κ2) is 7.45. The summed E-state index contributed by atoms with van der Waals surface area (Å²) in [6.07, 6.45) is -2.62. The van der Waals surface area contributed by atoms with E-state index in [-0.39, 0.29) is 5.75 Å². The molecule has 0 aliphatic carbocycles. The summed E-state index contributed by atoms with van der Waals surface area (Å²) in [7, 11) is 0. The van der Waals surface area contributed by atoms with E-state index in [1.54, 1.807) is 12.1 Å². The van der Waals surface area contributed by atoms with E-state index >= 15 is 0 Å². The van der Waals surface area contributed by atoms with Crippen LogP contribution >= 0.6 is 11.8 Å². The summed E-state index contributed by atoms with van der Waals surface area (Å²) < 4.78 is 46.3. The van der Waals surface area contributed by atoms with Gasteiger partial charge in [0.1, 0.15) is 5.75 Å². The molecule has 0 spiro atoms. The fourth-order valence-electron chi connectivity index (χ4n) is 1.71. The topological polar surface area (TPSA) is 48.4 Å². The van der Waals surface area contributed by atoms with E-state index < -0.39 is 6.36 Å². The first-order valence-corrected chi connectivity index (χ1v) is 7.59. The lowest BCUT2D eigenvalue weighted by molar-refractivity contribution is -0.452. The number of halogens is 3. The number of benzene rings is 1. The van der Waals surface area contributed by atoms with Crippen molar-refractivity contribution in [3.63, 3.8) is 0 Å². The van der Waals surface area contributed by atoms with Crippen molar-refractivity contribution in [3.8, 4) is 5.75 Å². The van der Waals surface area contributed by atoms with Crippen LogP contribution in [-0.2, 0) is 0 Å². The molecule has 23 heavy (non-hydrogen) atoms. The van der Waals surface area contributed by atoms with E-state index in [1.165, 1.54) is 42.2 Å². The molecule has 1 aromatic carbocycles. The van der Waals surface area contributed by atoms with Gasteiger partial charge in [0, 0.05) is 11.3 Å². The third-order valence-corrected chi connectivity index (χ3v) is 3.52. The SMILES string of the molecule is CCC[N+]([O-])=Cc1ccc(Sc2ccc(OC(F)(F)F)cc2)o1. The molecule has 0 N–H and O–H groups in total. The second-order valence-electron chi connectivity index (χ2n) is 4.55. The predicted octanol–water partition coefficient (Wildman–Crippen LogP) is 4.67. The first-order chi connectivity index (χ1) is 10.9. The van der Waals surface area contributed by atoms with Gasteiger partial charge in [-0.05, 0) is 36.4 Å². The summed E-state index contributed by atoms with van der Waals surface area (Å²) in [5, 5.41) is 12.0. The number of hydroxylamine groups is 1. The molecule has 2 aromatic rings. The first kappa shape index (κ1) is 17.3. The highest BCUT2D eigenvalue weighted by atomic mass is 32.2. The van der Waals surface area contributed by atoms with Crippen LogP contribution in [0.4, 0.5) is 13.2 Å². The van der Waals surface area contributed by atoms with Crippen LogP contribution in [-0.4, -0.2) is 23.9 Å². The van der Waals surface area contributed by atoms with Crippen molar-refractivity contribution in [1.82, 2.24) is 0 Å². The van der Waals surface area contributed by atoms with Crippen LogP contribution in [0.3, 0.4) is 0 Å². The van der Waals surface area contributed by atoms with E-state index in [4.69, 9.17) is 4.42 Å². The van der Waals surface area contributed by atoms with Gasteiger partial charge in [0.15, 0.2) is 17.4 Å². The summed E-state index contributed by atoms with van der Waals surface area (Å²) in [6, 6.07) is 8.79. The van der Waals surface area contributed by atoms with Gasteiger partial charge in [-0.3, -0.25) is 0 Å². The number of rotatable bonds is 6. The lowest BCUT2D eigenvalue weighted by Gasteiger charge is -2.08. The number of ether oxygens (including phenoxy) is 1. The van der Waals surface area contributed by atoms with Crippen molar-refractivity contribution in [2.75, 3.05) is 6.54 Å². The Balaban J connectivity index is 2.00. The van der Waals surface area contributed by atoms with Crippen molar-refractivity contribution >= 4 is 18.0 Å². The fraction of sp³-hybridized carbons (Fsp3) is 0.267. The molecular formula is C15H14F3NO3S. The van der Waals surface area contributed by atoms with E-state index in [0.29, 0.717) is 22.3 Å². The molecule has 1 aromatic heterocycles. The average Bonchev–Trinajstić information content (AvgIpc) is 2.87. The van der Waals surface area contributed by atoms with Crippen molar-refractivity contribution in [2.45, 2.75) is 29.7 Å². The Bertz CT molecular complexity index is 665. The van der Waals surface area contributed by atoms with Crippen LogP contribution in [0.15, 0.2) is 50.8 Å². The zero-order valence-corrected chi connectivity index (χ0v) is 13.0. The maximum absolute atomic E-state index is 12.1. The molecular weight excluding hydrogens is 331 g/mol. The maximum Gasteiger partial charge on any atom is 0.573 e. The van der Waals surface area contributed by atoms with Gasteiger partial charge in [-0.1, -0.05) is 18.7 Å². The van der Waals surface area contributed by atoms with Gasteiger partial charge in [-0.25, -0.2) is 4.74 Å². The van der Waals surface area contributed by atoms with Crippen LogP contribution in [0.5, 0.6) is 5.75 Å². The minimum Gasteiger partial charge on any atom is -0.624 e. The maximum atomic E-state index is 12.1. The minimum atomic E-state index is -4.71. The Morgan fingerprint density at radius 2 is 1.91 bits per heavy atom. The summed E-state index contributed by atoms with van der Waals surface area (Å²) in [5.41, 5.74) is 0. The van der Waals surface area contributed by atoms with E-state index in [9.17, 15) is 18.4 Å². The Labute approximate surface area is 135 Å². The van der Waals surface area contributed by atoms with Gasteiger partial charge in [-0.2, -0.15) is 0 Å². The van der Waals surface area contributed by atoms with Crippen LogP contribution in [0.2, 0.25) is 0 Å². The van der Waals surface area contributed by atoms with Crippen molar-refractivity contribution in [3.05, 3.63) is 47.4 Å². The first-order valence-electron chi connectivity index (χ1n) is 6.78. The largest absolute Gasteiger partial charge is 0.624 e. The predicted molar refractivity (Wildman–Crippen MR) is 79.9 cm³/mol. The van der Waals surface area contributed by atoms with Gasteiger partial charge < -0.3 is 14.4 Å². The number of hydrogen-bond acceptors (Lipinski definition) is 4. The average molecular weight is 345 g/mol. The Morgan fingerprint density at radius 1 is 1.22 bits per heavy atom. The third-order valence-electron chi connectivity index (χ3n) is 2.59. The molecule has 0 saturated heterocycles. The number of alkyl halides is 3. The van der Waals surface area contributed by atoms with Crippen molar-refractivity contribution < 1.29 is 27.1 Å². The fourth-order valence-corrected chi connectivity index (χ4v) is 2.49. The monoisotopic (exact) mass is 345 g/mol. The van der Waals surface area contributed by atoms with Gasteiger partial charge in [0.2, 0.25) is 6.21 Å². The molecule has 0 saturated carbocycles. The molecule has 0 bridgehead atoms. The summed E-state index contributed by atoms with van der Waals surface area (Å²) in [6.45, 7) is 2.28. The molecule has 4 nitrogen and oxygen atoms in total. The smallest absolute Gasteiger partial charge is 0.573 e. The molecule has 0 amide bonds. The Hall–Kier alpha value is -2.09. The number of hydrogen-bond donors (Lipinski definition) is 0. The van der Waals surface area contributed by atoms with E-state index in [1.807, 2.05) is 6.92 Å². The standard InChI is InChI=1S/C15H14F3NO3S/c1-2-9-19(20)10-12-5-8-14(21-12)23-13-6-3-11(4-7-13)22-15(16,17)18/h3-8,10H,2,9H2,1H3. The van der Waals surface area contributed by atoms with Crippen molar-refractivity contribution in [1.29, 1.82) is 0 Å². The van der Waals surface area contributed by atoms with Gasteiger partial charge in [0.25, 0.3) is 0 Å². The molecule has 0 atom stereocenters. The summed E-state index contributed by atoms with van der Waals surface area (Å²) >= 11 is 1.23.